The molecule has 2 aliphatic heterocycles. The first-order valence-electron chi connectivity index (χ1n) is 17.4. The molecule has 0 amide bonds. The average Bonchev–Trinajstić information content (AvgIpc) is 3.67. The molecule has 0 aromatic heterocycles. The van der Waals surface area contributed by atoms with Crippen LogP contribution in [-0.2, 0) is 42.2 Å². The van der Waals surface area contributed by atoms with Gasteiger partial charge < -0.3 is 32.9 Å². The molecule has 8 atom stereocenters. The van der Waals surface area contributed by atoms with Crippen molar-refractivity contribution >= 4 is 34.5 Å². The van der Waals surface area contributed by atoms with Crippen molar-refractivity contribution in [2.75, 3.05) is 13.2 Å². The molecule has 1 spiro atoms. The van der Waals surface area contributed by atoms with Crippen molar-refractivity contribution in [1.82, 2.24) is 0 Å². The van der Waals surface area contributed by atoms with Crippen LogP contribution in [0.1, 0.15) is 95.9 Å². The van der Waals surface area contributed by atoms with Crippen LogP contribution in [-0.4, -0.2) is 89.0 Å². The molecule has 4 aliphatic rings. The van der Waals surface area contributed by atoms with Crippen molar-refractivity contribution in [1.29, 1.82) is 0 Å². The van der Waals surface area contributed by atoms with Crippen molar-refractivity contribution in [3.63, 3.8) is 0 Å². The molecule has 10 nitrogen and oxygen atoms in total. The number of rotatable bonds is 8. The van der Waals surface area contributed by atoms with Crippen LogP contribution in [0.3, 0.4) is 0 Å². The highest BCUT2D eigenvalue weighted by Gasteiger charge is 2.86. The number of aliphatic hydroxyl groups excluding tert-OH is 1. The number of hydrogen-bond acceptors (Lipinski definition) is 10. The van der Waals surface area contributed by atoms with Crippen molar-refractivity contribution in [2.24, 2.45) is 16.7 Å². The zero-order chi connectivity index (χ0) is 37.1. The molecule has 1 N–H and O–H groups in total. The number of fused-ring (bicyclic) bond motifs is 2. The summed E-state index contributed by atoms with van der Waals surface area (Å²) >= 11 is 0. The van der Waals surface area contributed by atoms with E-state index in [9.17, 15) is 19.5 Å². The lowest BCUT2D eigenvalue weighted by Gasteiger charge is -2.58. The summed E-state index contributed by atoms with van der Waals surface area (Å²) in [5.74, 6) is -1.18. The van der Waals surface area contributed by atoms with E-state index in [1.165, 1.54) is 13.8 Å². The molecular weight excluding hydrogens is 649 g/mol. The van der Waals surface area contributed by atoms with Gasteiger partial charge in [-0.3, -0.25) is 14.4 Å². The van der Waals surface area contributed by atoms with Gasteiger partial charge in [-0.15, -0.1) is 0 Å². The summed E-state index contributed by atoms with van der Waals surface area (Å²) in [4.78, 5) is 36.4. The molecule has 3 fully saturated rings. The molecule has 0 aromatic rings. The fourth-order valence-corrected chi connectivity index (χ4v) is 14.8. The summed E-state index contributed by atoms with van der Waals surface area (Å²) in [6.07, 6.45) is -1.46. The Balaban J connectivity index is 0.000000353. The summed E-state index contributed by atoms with van der Waals surface area (Å²) in [6.45, 7) is 33.8. The van der Waals surface area contributed by atoms with Gasteiger partial charge in [-0.25, -0.2) is 0 Å². The van der Waals surface area contributed by atoms with Gasteiger partial charge in [0.2, 0.25) is 0 Å². The maximum absolute atomic E-state index is 12.5. The van der Waals surface area contributed by atoms with Gasteiger partial charge in [0.15, 0.2) is 16.6 Å². The Bertz CT molecular complexity index is 1230. The third kappa shape index (κ3) is 7.40. The molecule has 2 bridgehead atoms. The first-order valence-corrected chi connectivity index (χ1v) is 23.3. The van der Waals surface area contributed by atoms with E-state index in [-0.39, 0.29) is 31.3 Å². The van der Waals surface area contributed by atoms with Crippen LogP contribution >= 0.6 is 0 Å². The summed E-state index contributed by atoms with van der Waals surface area (Å²) in [6, 6.07) is 0. The second-order valence-electron chi connectivity index (χ2n) is 18.1. The largest absolute Gasteiger partial charge is 0.465 e. The molecule has 2 aliphatic carbocycles. The summed E-state index contributed by atoms with van der Waals surface area (Å²) in [5.41, 5.74) is -2.00. The zero-order valence-corrected chi connectivity index (χ0v) is 34.5. The highest BCUT2D eigenvalue weighted by molar-refractivity contribution is 6.87. The molecule has 2 heterocycles. The molecule has 2 saturated heterocycles. The standard InChI is InChI=1S/C24H34O9.C12H30OSi2/c1-12(2)7-18(27)32-16-9-23(10-29-14(4)25)17(8-13(16)3)33-21-19(28)20(31-15(5)26)22(23,6)24(21)11-30-24;1-11(2,3)14(7,8)13-15(9,10)12(4,5)6/h8,12,16-17,19-21,28H,7,9-11H2,1-6H3;1-10H3/t16-,17+,19+,20+,21+,22+,23+,24?;/m0./s1. The monoisotopic (exact) mass is 712 g/mol. The highest BCUT2D eigenvalue weighted by Crippen LogP contribution is 2.72. The first-order chi connectivity index (χ1) is 21.6. The number of esters is 3. The average molecular weight is 713 g/mol. The predicted molar refractivity (Wildman–Crippen MR) is 189 cm³/mol. The van der Waals surface area contributed by atoms with E-state index in [2.05, 4.69) is 67.7 Å². The minimum absolute atomic E-state index is 0.0617. The summed E-state index contributed by atoms with van der Waals surface area (Å²) < 4.78 is 36.1. The molecule has 1 unspecified atom stereocenters. The van der Waals surface area contributed by atoms with Gasteiger partial charge in [0.25, 0.3) is 0 Å². The van der Waals surface area contributed by atoms with E-state index in [0.717, 1.165) is 5.57 Å². The van der Waals surface area contributed by atoms with Crippen molar-refractivity contribution in [3.05, 3.63) is 11.6 Å². The second-order valence-corrected chi connectivity index (χ2v) is 28.0. The lowest BCUT2D eigenvalue weighted by atomic mass is 9.51. The van der Waals surface area contributed by atoms with Crippen LogP contribution in [0.15, 0.2) is 11.6 Å². The minimum atomic E-state index is -1.59. The fourth-order valence-electron chi connectivity index (χ4n) is 7.20. The van der Waals surface area contributed by atoms with Crippen LogP contribution in [0.25, 0.3) is 0 Å². The molecular formula is C36H64O10Si2. The van der Waals surface area contributed by atoms with Gasteiger partial charge in [-0.2, -0.15) is 0 Å². The summed E-state index contributed by atoms with van der Waals surface area (Å²) in [5, 5.41) is 11.8. The highest BCUT2D eigenvalue weighted by atomic mass is 28.4. The normalized spacial score (nSPS) is 34.5. The third-order valence-corrected chi connectivity index (χ3v) is 23.4. The lowest BCUT2D eigenvalue weighted by Crippen LogP contribution is -2.68. The van der Waals surface area contributed by atoms with E-state index in [1.54, 1.807) is 0 Å². The molecule has 276 valence electrons. The van der Waals surface area contributed by atoms with Gasteiger partial charge in [-0.05, 0) is 54.7 Å². The van der Waals surface area contributed by atoms with Crippen molar-refractivity contribution < 1.29 is 47.3 Å². The summed E-state index contributed by atoms with van der Waals surface area (Å²) in [7, 11) is -3.18. The Kier molecular flexibility index (Phi) is 11.5. The number of aliphatic hydroxyl groups is 1. The van der Waals surface area contributed by atoms with Gasteiger partial charge in [0.05, 0.1) is 23.5 Å². The second kappa shape index (κ2) is 13.5. The fraction of sp³-hybridized carbons (Fsp3) is 0.861. The number of hydrogen-bond donors (Lipinski definition) is 1. The molecule has 4 rings (SSSR count). The van der Waals surface area contributed by atoms with Gasteiger partial charge in [0.1, 0.15) is 36.6 Å². The van der Waals surface area contributed by atoms with E-state index >= 15 is 0 Å². The van der Waals surface area contributed by atoms with Crippen LogP contribution in [0.4, 0.5) is 0 Å². The van der Waals surface area contributed by atoms with E-state index < -0.39 is 75.5 Å². The smallest absolute Gasteiger partial charge is 0.306 e. The minimum Gasteiger partial charge on any atom is -0.465 e. The molecule has 1 saturated carbocycles. The number of carbonyl (C=O) groups is 3. The number of epoxide rings is 1. The Morgan fingerprint density at radius 1 is 0.979 bits per heavy atom. The van der Waals surface area contributed by atoms with E-state index in [4.69, 9.17) is 27.8 Å². The quantitative estimate of drug-likeness (QED) is 0.0954. The van der Waals surface area contributed by atoms with Crippen LogP contribution in [0, 0.1) is 16.7 Å². The van der Waals surface area contributed by atoms with E-state index in [0.29, 0.717) is 16.7 Å². The maximum atomic E-state index is 12.5. The lowest BCUT2D eigenvalue weighted by molar-refractivity contribution is -0.241. The first kappa shape index (κ1) is 40.8. The Labute approximate surface area is 291 Å². The Morgan fingerprint density at radius 2 is 1.50 bits per heavy atom. The van der Waals surface area contributed by atoms with Gasteiger partial charge in [-0.1, -0.05) is 68.4 Å². The van der Waals surface area contributed by atoms with Gasteiger partial charge >= 0.3 is 17.9 Å². The van der Waals surface area contributed by atoms with Crippen LogP contribution in [0.2, 0.25) is 36.3 Å². The van der Waals surface area contributed by atoms with E-state index in [1.807, 2.05) is 33.8 Å². The van der Waals surface area contributed by atoms with Crippen LogP contribution < -0.4 is 0 Å². The van der Waals surface area contributed by atoms with Gasteiger partial charge in [0, 0.05) is 26.7 Å². The van der Waals surface area contributed by atoms with Crippen molar-refractivity contribution in [2.45, 2.75) is 168 Å². The Morgan fingerprint density at radius 3 is 1.92 bits per heavy atom. The molecule has 12 heteroatoms. The molecule has 0 radical (unpaired) electrons. The molecule has 0 aromatic carbocycles. The zero-order valence-electron chi connectivity index (χ0n) is 32.5. The van der Waals surface area contributed by atoms with Crippen LogP contribution in [0.5, 0.6) is 0 Å². The Hall–Kier alpha value is -1.58. The SMILES string of the molecule is CC(=O)OC[C@]12C[C@H](OC(=O)CC(C)C)C(C)=C[C@H]1O[C@@H]1[C@H](O)[C@@H](OC(C)=O)[C@@]2(C)C12CO2.CC(C)(C)[Si](C)(C)O[Si](C)(C)C(C)(C)C. The molecule has 48 heavy (non-hydrogen) atoms. The topological polar surface area (TPSA) is 130 Å². The third-order valence-electron chi connectivity index (χ3n) is 12.1. The number of carbonyl (C=O) groups excluding carboxylic acids is 3. The predicted octanol–water partition coefficient (Wildman–Crippen LogP) is 6.71. The van der Waals surface area contributed by atoms with Crippen molar-refractivity contribution in [3.8, 4) is 0 Å². The number of ether oxygens (including phenoxy) is 5. The maximum Gasteiger partial charge on any atom is 0.306 e.